The van der Waals surface area contributed by atoms with Crippen molar-refractivity contribution in [3.8, 4) is 0 Å². The highest BCUT2D eigenvalue weighted by Gasteiger charge is 2.43. The predicted octanol–water partition coefficient (Wildman–Crippen LogP) is 5.08. The van der Waals surface area contributed by atoms with Crippen LogP contribution in [0.15, 0.2) is 46.9 Å². The van der Waals surface area contributed by atoms with Crippen molar-refractivity contribution in [2.75, 3.05) is 0 Å². The van der Waals surface area contributed by atoms with Gasteiger partial charge in [0.2, 0.25) is 0 Å². The molecule has 0 amide bonds. The van der Waals surface area contributed by atoms with Gasteiger partial charge in [-0.15, -0.1) is 0 Å². The Morgan fingerprint density at radius 2 is 1.23 bits per heavy atom. The molecule has 3 rings (SSSR count). The number of nitrogens with zero attached hydrogens (tertiary/aromatic N) is 1. The van der Waals surface area contributed by atoms with Crippen LogP contribution >= 0.6 is 0 Å². The average molecular weight is 413 g/mol. The number of carbonyl (C=O) groups excluding carboxylic acids is 2. The fraction of sp³-hybridized carbons (Fsp3) is 0.478. The van der Waals surface area contributed by atoms with Crippen LogP contribution in [0.5, 0.6) is 0 Å². The minimum Gasteiger partial charge on any atom is -0.512 e. The number of non-ortho nitro benzene ring substituents is 1. The summed E-state index contributed by atoms with van der Waals surface area (Å²) in [5, 5.41) is 32.6. The summed E-state index contributed by atoms with van der Waals surface area (Å²) in [5.41, 5.74) is -0.319. The molecule has 160 valence electrons. The Hall–Kier alpha value is -2.96. The van der Waals surface area contributed by atoms with E-state index >= 15 is 0 Å². The topological polar surface area (TPSA) is 118 Å². The molecule has 1 aromatic rings. The van der Waals surface area contributed by atoms with E-state index in [2.05, 4.69) is 0 Å². The normalized spacial score (nSPS) is 21.4. The second-order valence-electron chi connectivity index (χ2n) is 9.88. The first kappa shape index (κ1) is 21.7. The van der Waals surface area contributed by atoms with Crippen LogP contribution in [0.3, 0.4) is 0 Å². The smallest absolute Gasteiger partial charge is 0.269 e. The Morgan fingerprint density at radius 1 is 0.833 bits per heavy atom. The number of benzene rings is 1. The zero-order chi connectivity index (χ0) is 22.4. The molecule has 0 saturated carbocycles. The molecule has 7 nitrogen and oxygen atoms in total. The number of aliphatic hydroxyl groups excluding tert-OH is 2. The minimum absolute atomic E-state index is 0.0952. The fourth-order valence-corrected chi connectivity index (χ4v) is 4.53. The Morgan fingerprint density at radius 3 is 1.57 bits per heavy atom. The first-order valence-electron chi connectivity index (χ1n) is 9.96. The van der Waals surface area contributed by atoms with Crippen molar-refractivity contribution >= 4 is 17.3 Å². The van der Waals surface area contributed by atoms with Crippen molar-refractivity contribution < 1.29 is 24.7 Å². The van der Waals surface area contributed by atoms with E-state index in [1.165, 1.54) is 24.3 Å². The number of Topliss-reactive ketones (excluding diaryl/α,β-unsaturated/α-hetero) is 2. The van der Waals surface area contributed by atoms with Gasteiger partial charge in [0, 0.05) is 54.9 Å². The molecule has 7 heteroatoms. The second kappa shape index (κ2) is 7.38. The maximum absolute atomic E-state index is 13.1. The van der Waals surface area contributed by atoms with Gasteiger partial charge in [0.15, 0.2) is 11.6 Å². The van der Waals surface area contributed by atoms with Gasteiger partial charge in [-0.25, -0.2) is 0 Å². The zero-order valence-electron chi connectivity index (χ0n) is 17.7. The molecular weight excluding hydrogens is 386 g/mol. The van der Waals surface area contributed by atoms with Gasteiger partial charge in [0.05, 0.1) is 4.92 Å². The monoisotopic (exact) mass is 413 g/mol. The zero-order valence-corrected chi connectivity index (χ0v) is 17.7. The lowest BCUT2D eigenvalue weighted by Crippen LogP contribution is -2.33. The lowest BCUT2D eigenvalue weighted by molar-refractivity contribution is -0.384. The minimum atomic E-state index is -0.960. The number of carbonyl (C=O) groups is 2. The largest absolute Gasteiger partial charge is 0.512 e. The standard InChI is InChI=1S/C23H27NO6/c1-22(2)9-15(25)20(16(26)10-22)19(13-5-7-14(8-6-13)24(29)30)21-17(27)11-23(3,4)12-18(21)28/h5-8,19,25,27H,9-12H2,1-4H3. The van der Waals surface area contributed by atoms with E-state index in [1.54, 1.807) is 0 Å². The quantitative estimate of drug-likeness (QED) is 0.525. The molecule has 0 aliphatic heterocycles. The predicted molar refractivity (Wildman–Crippen MR) is 111 cm³/mol. The van der Waals surface area contributed by atoms with Gasteiger partial charge in [0.1, 0.15) is 11.5 Å². The Balaban J connectivity index is 2.21. The molecule has 0 radical (unpaired) electrons. The molecule has 0 saturated heterocycles. The third-order valence-corrected chi connectivity index (χ3v) is 5.81. The van der Waals surface area contributed by atoms with Gasteiger partial charge in [-0.1, -0.05) is 39.8 Å². The van der Waals surface area contributed by atoms with E-state index in [0.29, 0.717) is 5.56 Å². The lowest BCUT2D eigenvalue weighted by Gasteiger charge is -2.36. The lowest BCUT2D eigenvalue weighted by atomic mass is 9.67. The van der Waals surface area contributed by atoms with Crippen molar-refractivity contribution in [3.05, 3.63) is 62.6 Å². The van der Waals surface area contributed by atoms with Crippen molar-refractivity contribution in [1.82, 2.24) is 0 Å². The molecule has 1 aromatic carbocycles. The number of aliphatic hydroxyl groups is 2. The number of rotatable bonds is 4. The first-order chi connectivity index (χ1) is 13.8. The van der Waals surface area contributed by atoms with Gasteiger partial charge < -0.3 is 10.2 Å². The molecule has 0 bridgehead atoms. The summed E-state index contributed by atoms with van der Waals surface area (Å²) in [7, 11) is 0. The highest BCUT2D eigenvalue weighted by atomic mass is 16.6. The van der Waals surface area contributed by atoms with Crippen LogP contribution in [-0.4, -0.2) is 26.7 Å². The van der Waals surface area contributed by atoms with Crippen LogP contribution in [0.25, 0.3) is 0 Å². The third kappa shape index (κ3) is 4.15. The molecule has 0 aromatic heterocycles. The van der Waals surface area contributed by atoms with Gasteiger partial charge in [0.25, 0.3) is 5.69 Å². The average Bonchev–Trinajstić information content (AvgIpc) is 2.57. The SMILES string of the molecule is CC1(C)CC(=O)C(C(C2=C(O)CC(C)(C)CC2=O)c2ccc([N+](=O)[O-])cc2)=C(O)C1. The third-order valence-electron chi connectivity index (χ3n) is 5.81. The fourth-order valence-electron chi connectivity index (χ4n) is 4.53. The first-order valence-corrected chi connectivity index (χ1v) is 9.96. The van der Waals surface area contributed by atoms with Crippen LogP contribution < -0.4 is 0 Å². The highest BCUT2D eigenvalue weighted by molar-refractivity contribution is 6.05. The Kier molecular flexibility index (Phi) is 5.35. The molecule has 0 fully saturated rings. The molecule has 2 aliphatic carbocycles. The molecule has 0 heterocycles. The molecule has 2 N–H and O–H groups in total. The Bertz CT molecular complexity index is 929. The number of hydrogen-bond donors (Lipinski definition) is 2. The van der Waals surface area contributed by atoms with Crippen LogP contribution in [0, 0.1) is 20.9 Å². The number of nitro groups is 1. The van der Waals surface area contributed by atoms with Crippen LogP contribution in [0.1, 0.15) is 64.9 Å². The number of ketones is 2. The van der Waals surface area contributed by atoms with Gasteiger partial charge in [-0.05, 0) is 16.4 Å². The molecule has 0 unspecified atom stereocenters. The van der Waals surface area contributed by atoms with Gasteiger partial charge >= 0.3 is 0 Å². The number of hydrogen-bond acceptors (Lipinski definition) is 6. The van der Waals surface area contributed by atoms with Crippen LogP contribution in [0.2, 0.25) is 0 Å². The molecule has 0 spiro atoms. The molecule has 0 atom stereocenters. The van der Waals surface area contributed by atoms with Crippen molar-refractivity contribution in [2.24, 2.45) is 10.8 Å². The van der Waals surface area contributed by atoms with Gasteiger partial charge in [-0.3, -0.25) is 19.7 Å². The van der Waals surface area contributed by atoms with Crippen molar-refractivity contribution in [3.63, 3.8) is 0 Å². The van der Waals surface area contributed by atoms with E-state index in [0.717, 1.165) is 0 Å². The molecule has 2 aliphatic rings. The second-order valence-corrected chi connectivity index (χ2v) is 9.88. The van der Waals surface area contributed by atoms with E-state index in [4.69, 9.17) is 0 Å². The van der Waals surface area contributed by atoms with E-state index < -0.39 is 21.7 Å². The maximum atomic E-state index is 13.1. The summed E-state index contributed by atoms with van der Waals surface area (Å²) in [6.45, 7) is 7.52. The van der Waals surface area contributed by atoms with E-state index in [1.807, 2.05) is 27.7 Å². The maximum Gasteiger partial charge on any atom is 0.269 e. The van der Waals surface area contributed by atoms with Crippen LogP contribution in [-0.2, 0) is 9.59 Å². The molecule has 30 heavy (non-hydrogen) atoms. The summed E-state index contributed by atoms with van der Waals surface area (Å²) in [6, 6.07) is 5.55. The van der Waals surface area contributed by atoms with E-state index in [-0.39, 0.29) is 65.6 Å². The van der Waals surface area contributed by atoms with Gasteiger partial charge in [-0.2, -0.15) is 0 Å². The summed E-state index contributed by atoms with van der Waals surface area (Å²) in [4.78, 5) is 36.6. The summed E-state index contributed by atoms with van der Waals surface area (Å²) >= 11 is 0. The molecular formula is C23H27NO6. The van der Waals surface area contributed by atoms with Crippen molar-refractivity contribution in [1.29, 1.82) is 0 Å². The summed E-state index contributed by atoms with van der Waals surface area (Å²) in [5.74, 6) is -1.73. The van der Waals surface area contributed by atoms with E-state index in [9.17, 15) is 29.9 Å². The Labute approximate surface area is 175 Å². The highest BCUT2D eigenvalue weighted by Crippen LogP contribution is 2.47. The number of allylic oxidation sites excluding steroid dienone is 4. The number of nitro benzene ring substituents is 1. The van der Waals surface area contributed by atoms with Crippen molar-refractivity contribution in [2.45, 2.75) is 59.3 Å². The van der Waals surface area contributed by atoms with Crippen LogP contribution in [0.4, 0.5) is 5.69 Å². The summed E-state index contributed by atoms with van der Waals surface area (Å²) in [6.07, 6.45) is 0.934. The summed E-state index contributed by atoms with van der Waals surface area (Å²) < 4.78 is 0.